The van der Waals surface area contributed by atoms with Gasteiger partial charge in [0.15, 0.2) is 5.78 Å². The first kappa shape index (κ1) is 14.5. The average Bonchev–Trinajstić information content (AvgIpc) is 2.49. The second-order valence-corrected chi connectivity index (χ2v) is 5.21. The van der Waals surface area contributed by atoms with Crippen LogP contribution in [0.25, 0.3) is 0 Å². The van der Waals surface area contributed by atoms with Gasteiger partial charge in [0.1, 0.15) is 0 Å². The van der Waals surface area contributed by atoms with Crippen LogP contribution in [-0.2, 0) is 12.8 Å². The molecule has 0 radical (unpaired) electrons. The molecule has 104 valence electrons. The fourth-order valence-electron chi connectivity index (χ4n) is 2.43. The number of hydrogen-bond donors (Lipinski definition) is 0. The monoisotopic (exact) mass is 266 g/mol. The highest BCUT2D eigenvalue weighted by Crippen LogP contribution is 2.12. The quantitative estimate of drug-likeness (QED) is 0.655. The molecule has 2 rings (SSSR count). The van der Waals surface area contributed by atoms with Crippen molar-refractivity contribution < 1.29 is 4.79 Å². The lowest BCUT2D eigenvalue weighted by atomic mass is 10.00. The second kappa shape index (κ2) is 7.64. The first-order valence-electron chi connectivity index (χ1n) is 7.45. The molecule has 0 spiro atoms. The van der Waals surface area contributed by atoms with Gasteiger partial charge in [-0.05, 0) is 36.5 Å². The number of carbonyl (C=O) groups is 1. The highest BCUT2D eigenvalue weighted by atomic mass is 16.1. The zero-order valence-corrected chi connectivity index (χ0v) is 12.1. The van der Waals surface area contributed by atoms with Gasteiger partial charge in [-0.2, -0.15) is 0 Å². The van der Waals surface area contributed by atoms with E-state index in [0.717, 1.165) is 31.2 Å². The van der Waals surface area contributed by atoms with Crippen molar-refractivity contribution in [2.45, 2.75) is 39.0 Å². The number of ketones is 1. The first-order chi connectivity index (χ1) is 9.79. The van der Waals surface area contributed by atoms with Crippen LogP contribution >= 0.6 is 0 Å². The minimum absolute atomic E-state index is 0.263. The lowest BCUT2D eigenvalue weighted by Gasteiger charge is -2.04. The molecule has 0 aliphatic carbocycles. The summed E-state index contributed by atoms with van der Waals surface area (Å²) in [5.41, 5.74) is 3.44. The van der Waals surface area contributed by atoms with E-state index in [4.69, 9.17) is 0 Å². The molecule has 0 aliphatic rings. The maximum Gasteiger partial charge on any atom is 0.162 e. The van der Waals surface area contributed by atoms with Crippen LogP contribution in [0.5, 0.6) is 0 Å². The fraction of sp³-hybridized carbons (Fsp3) is 0.316. The molecule has 1 heteroatoms. The van der Waals surface area contributed by atoms with Gasteiger partial charge in [-0.15, -0.1) is 0 Å². The SMILES string of the molecule is CCCc1cccc(C(=O)CCCc2ccccc2)c1. The van der Waals surface area contributed by atoms with Gasteiger partial charge in [0.25, 0.3) is 0 Å². The van der Waals surface area contributed by atoms with Crippen LogP contribution in [-0.4, -0.2) is 5.78 Å². The fourth-order valence-corrected chi connectivity index (χ4v) is 2.43. The predicted octanol–water partition coefficient (Wildman–Crippen LogP) is 4.84. The second-order valence-electron chi connectivity index (χ2n) is 5.21. The number of Topliss-reactive ketones (excluding diaryl/α,β-unsaturated/α-hetero) is 1. The molecule has 2 aromatic carbocycles. The zero-order chi connectivity index (χ0) is 14.2. The number of aryl methyl sites for hydroxylation is 2. The van der Waals surface area contributed by atoms with Crippen LogP contribution in [0.1, 0.15) is 47.7 Å². The lowest BCUT2D eigenvalue weighted by Crippen LogP contribution is -2.01. The highest BCUT2D eigenvalue weighted by Gasteiger charge is 2.06. The topological polar surface area (TPSA) is 17.1 Å². The summed E-state index contributed by atoms with van der Waals surface area (Å²) < 4.78 is 0. The van der Waals surface area contributed by atoms with Crippen molar-refractivity contribution in [2.75, 3.05) is 0 Å². The molecule has 0 aromatic heterocycles. The van der Waals surface area contributed by atoms with Crippen molar-refractivity contribution in [1.29, 1.82) is 0 Å². The third kappa shape index (κ3) is 4.34. The summed E-state index contributed by atoms with van der Waals surface area (Å²) >= 11 is 0. The van der Waals surface area contributed by atoms with E-state index in [1.54, 1.807) is 0 Å². The van der Waals surface area contributed by atoms with Gasteiger partial charge in [-0.1, -0.05) is 61.9 Å². The third-order valence-electron chi connectivity index (χ3n) is 3.50. The van der Waals surface area contributed by atoms with E-state index in [0.29, 0.717) is 6.42 Å². The molecule has 0 unspecified atom stereocenters. The largest absolute Gasteiger partial charge is 0.294 e. The molecule has 0 amide bonds. The molecule has 0 N–H and O–H groups in total. The van der Waals surface area contributed by atoms with Gasteiger partial charge in [0.05, 0.1) is 0 Å². The Labute approximate surface area is 121 Å². The summed E-state index contributed by atoms with van der Waals surface area (Å²) in [6, 6.07) is 18.4. The van der Waals surface area contributed by atoms with Gasteiger partial charge in [0.2, 0.25) is 0 Å². The average molecular weight is 266 g/mol. The Bertz CT molecular complexity index is 543. The minimum atomic E-state index is 0.263. The Balaban J connectivity index is 1.87. The molecular formula is C19H22O. The van der Waals surface area contributed by atoms with E-state index in [1.807, 2.05) is 36.4 Å². The molecule has 0 fully saturated rings. The Hall–Kier alpha value is -1.89. The van der Waals surface area contributed by atoms with E-state index in [2.05, 4.69) is 25.1 Å². The van der Waals surface area contributed by atoms with Crippen LogP contribution in [0.2, 0.25) is 0 Å². The Morgan fingerprint density at radius 2 is 1.65 bits per heavy atom. The summed E-state index contributed by atoms with van der Waals surface area (Å²) in [5, 5.41) is 0. The summed E-state index contributed by atoms with van der Waals surface area (Å²) in [6.45, 7) is 2.16. The van der Waals surface area contributed by atoms with Gasteiger partial charge in [-0.25, -0.2) is 0 Å². The maximum absolute atomic E-state index is 12.2. The van der Waals surface area contributed by atoms with Crippen LogP contribution in [0.3, 0.4) is 0 Å². The van der Waals surface area contributed by atoms with E-state index < -0.39 is 0 Å². The van der Waals surface area contributed by atoms with Crippen molar-refractivity contribution in [3.63, 3.8) is 0 Å². The van der Waals surface area contributed by atoms with E-state index in [-0.39, 0.29) is 5.78 Å². The Morgan fingerprint density at radius 3 is 2.40 bits per heavy atom. The summed E-state index contributed by atoms with van der Waals surface area (Å²) in [5.74, 6) is 0.263. The zero-order valence-electron chi connectivity index (χ0n) is 12.1. The molecular weight excluding hydrogens is 244 g/mol. The predicted molar refractivity (Wildman–Crippen MR) is 84.1 cm³/mol. The van der Waals surface area contributed by atoms with Gasteiger partial charge >= 0.3 is 0 Å². The van der Waals surface area contributed by atoms with E-state index in [1.165, 1.54) is 11.1 Å². The van der Waals surface area contributed by atoms with Crippen molar-refractivity contribution >= 4 is 5.78 Å². The minimum Gasteiger partial charge on any atom is -0.294 e. The number of hydrogen-bond acceptors (Lipinski definition) is 1. The highest BCUT2D eigenvalue weighted by molar-refractivity contribution is 5.96. The number of rotatable bonds is 7. The van der Waals surface area contributed by atoms with Crippen LogP contribution in [0, 0.1) is 0 Å². The maximum atomic E-state index is 12.2. The van der Waals surface area contributed by atoms with Gasteiger partial charge in [-0.3, -0.25) is 4.79 Å². The molecule has 0 aliphatic heterocycles. The van der Waals surface area contributed by atoms with Crippen molar-refractivity contribution in [1.82, 2.24) is 0 Å². The first-order valence-corrected chi connectivity index (χ1v) is 7.45. The molecule has 1 nitrogen and oxygen atoms in total. The molecule has 0 atom stereocenters. The van der Waals surface area contributed by atoms with E-state index >= 15 is 0 Å². The van der Waals surface area contributed by atoms with Gasteiger partial charge < -0.3 is 0 Å². The molecule has 0 saturated heterocycles. The Kier molecular flexibility index (Phi) is 5.55. The number of carbonyl (C=O) groups excluding carboxylic acids is 1. The molecule has 0 saturated carbocycles. The van der Waals surface area contributed by atoms with E-state index in [9.17, 15) is 4.79 Å². The molecule has 0 heterocycles. The summed E-state index contributed by atoms with van der Waals surface area (Å²) in [6.07, 6.45) is 4.68. The lowest BCUT2D eigenvalue weighted by molar-refractivity contribution is 0.0980. The Morgan fingerprint density at radius 1 is 0.900 bits per heavy atom. The standard InChI is InChI=1S/C19H22O/c1-2-8-17-12-6-13-18(15-17)19(20)14-7-11-16-9-4-3-5-10-16/h3-6,9-10,12-13,15H,2,7-8,11,14H2,1H3. The van der Waals surface area contributed by atoms with Crippen LogP contribution in [0.15, 0.2) is 54.6 Å². The molecule has 20 heavy (non-hydrogen) atoms. The van der Waals surface area contributed by atoms with Gasteiger partial charge in [0, 0.05) is 12.0 Å². The van der Waals surface area contributed by atoms with Crippen LogP contribution < -0.4 is 0 Å². The number of benzene rings is 2. The third-order valence-corrected chi connectivity index (χ3v) is 3.50. The van der Waals surface area contributed by atoms with Crippen LogP contribution in [0.4, 0.5) is 0 Å². The molecule has 0 bridgehead atoms. The normalized spacial score (nSPS) is 10.4. The van der Waals surface area contributed by atoms with Crippen molar-refractivity contribution in [3.8, 4) is 0 Å². The van der Waals surface area contributed by atoms with Crippen molar-refractivity contribution in [2.24, 2.45) is 0 Å². The smallest absolute Gasteiger partial charge is 0.162 e. The molecule has 2 aromatic rings. The summed E-state index contributed by atoms with van der Waals surface area (Å²) in [7, 11) is 0. The summed E-state index contributed by atoms with van der Waals surface area (Å²) in [4.78, 5) is 12.2. The van der Waals surface area contributed by atoms with Crippen molar-refractivity contribution in [3.05, 3.63) is 71.3 Å².